The Morgan fingerprint density at radius 2 is 1.66 bits per heavy atom. The summed E-state index contributed by atoms with van der Waals surface area (Å²) in [7, 11) is 4.41. The van der Waals surface area contributed by atoms with Crippen LogP contribution in [-0.2, 0) is 15.3 Å². The van der Waals surface area contributed by atoms with Gasteiger partial charge in [-0.3, -0.25) is 14.5 Å². The number of aliphatic hydroxyl groups is 1. The first kappa shape index (κ1) is 29.3. The maximum absolute atomic E-state index is 13.7. The van der Waals surface area contributed by atoms with Gasteiger partial charge in [0, 0.05) is 11.3 Å². The van der Waals surface area contributed by atoms with Gasteiger partial charge < -0.3 is 28.8 Å². The highest BCUT2D eigenvalue weighted by Crippen LogP contribution is 2.48. The number of aromatic nitrogens is 2. The quantitative estimate of drug-likeness (QED) is 0.0853. The van der Waals surface area contributed by atoms with E-state index in [9.17, 15) is 14.7 Å². The molecule has 4 aromatic rings. The molecule has 6 rings (SSSR count). The third-order valence-corrected chi connectivity index (χ3v) is 9.20. The maximum atomic E-state index is 13.7. The number of carbonyl (C=O) groups excluding carboxylic acids is 2. The minimum Gasteiger partial charge on any atom is -0.507 e. The average molecular weight is 634 g/mol. The second-order valence-electron chi connectivity index (χ2n) is 9.61. The van der Waals surface area contributed by atoms with Crippen molar-refractivity contribution in [1.82, 2.24) is 10.2 Å². The summed E-state index contributed by atoms with van der Waals surface area (Å²) in [5.74, 6) is 0.402. The Hall–Kier alpha value is -4.75. The lowest BCUT2D eigenvalue weighted by molar-refractivity contribution is -0.132. The van der Waals surface area contributed by atoms with Crippen LogP contribution in [0.4, 0.5) is 5.13 Å². The van der Waals surface area contributed by atoms with Gasteiger partial charge in [0.15, 0.2) is 27.3 Å². The predicted octanol–water partition coefficient (Wildman–Crippen LogP) is 5.25. The molecule has 44 heavy (non-hydrogen) atoms. The van der Waals surface area contributed by atoms with E-state index < -0.39 is 17.7 Å². The van der Waals surface area contributed by atoms with Crippen LogP contribution >= 0.6 is 23.1 Å². The van der Waals surface area contributed by atoms with Crippen LogP contribution in [0.15, 0.2) is 70.6 Å². The van der Waals surface area contributed by atoms with E-state index in [2.05, 4.69) is 10.2 Å². The number of ketones is 1. The summed E-state index contributed by atoms with van der Waals surface area (Å²) in [6.45, 7) is 0.743. The SMILES string of the molecule is COc1cc(C2/C(=C(\O)c3ccc4c(c3)OCCO4)C(=O)C(=O)N2c2nnc(SCc3ccccc3)s2)cc(OC)c1OC. The summed E-state index contributed by atoms with van der Waals surface area (Å²) >= 11 is 2.64. The molecule has 0 bridgehead atoms. The molecule has 3 heterocycles. The van der Waals surface area contributed by atoms with E-state index in [-0.39, 0.29) is 22.0 Å². The molecule has 0 aliphatic carbocycles. The van der Waals surface area contributed by atoms with Crippen molar-refractivity contribution in [1.29, 1.82) is 0 Å². The summed E-state index contributed by atoms with van der Waals surface area (Å²) in [6.07, 6.45) is 0. The van der Waals surface area contributed by atoms with Crippen LogP contribution in [0.2, 0.25) is 0 Å². The molecule has 11 nitrogen and oxygen atoms in total. The Labute approximate surface area is 261 Å². The molecule has 1 N–H and O–H groups in total. The Morgan fingerprint density at radius 1 is 0.955 bits per heavy atom. The summed E-state index contributed by atoms with van der Waals surface area (Å²) in [5.41, 5.74) is 1.66. The van der Waals surface area contributed by atoms with Crippen LogP contribution in [0, 0.1) is 0 Å². The number of benzene rings is 3. The van der Waals surface area contributed by atoms with Crippen molar-refractivity contribution in [3.63, 3.8) is 0 Å². The van der Waals surface area contributed by atoms with Gasteiger partial charge in [-0.2, -0.15) is 0 Å². The summed E-state index contributed by atoms with van der Waals surface area (Å²) < 4.78 is 28.5. The Bertz CT molecular complexity index is 1730. The summed E-state index contributed by atoms with van der Waals surface area (Å²) in [5, 5.41) is 20.4. The van der Waals surface area contributed by atoms with E-state index in [1.807, 2.05) is 30.3 Å². The van der Waals surface area contributed by atoms with E-state index in [1.54, 1.807) is 30.3 Å². The number of Topliss-reactive ketones (excluding diaryl/α,β-unsaturated/α-hetero) is 1. The van der Waals surface area contributed by atoms with Gasteiger partial charge in [-0.05, 0) is 41.5 Å². The lowest BCUT2D eigenvalue weighted by Gasteiger charge is -2.24. The van der Waals surface area contributed by atoms with Crippen molar-refractivity contribution in [3.8, 4) is 28.7 Å². The number of ether oxygens (including phenoxy) is 5. The monoisotopic (exact) mass is 633 g/mol. The number of rotatable bonds is 9. The highest BCUT2D eigenvalue weighted by molar-refractivity contribution is 8.00. The average Bonchev–Trinajstić information content (AvgIpc) is 3.64. The fourth-order valence-electron chi connectivity index (χ4n) is 5.03. The molecule has 0 spiro atoms. The number of anilines is 1. The number of aliphatic hydroxyl groups excluding tert-OH is 1. The van der Waals surface area contributed by atoms with Gasteiger partial charge in [0.1, 0.15) is 19.0 Å². The zero-order valence-corrected chi connectivity index (χ0v) is 25.6. The number of thioether (sulfide) groups is 1. The van der Waals surface area contributed by atoms with Gasteiger partial charge in [0.25, 0.3) is 5.78 Å². The summed E-state index contributed by atoms with van der Waals surface area (Å²) in [4.78, 5) is 28.7. The Morgan fingerprint density at radius 3 is 2.34 bits per heavy atom. The molecule has 226 valence electrons. The third-order valence-electron chi connectivity index (χ3n) is 7.07. The van der Waals surface area contributed by atoms with Gasteiger partial charge in [0.2, 0.25) is 10.9 Å². The molecule has 1 amide bonds. The number of amides is 1. The molecule has 0 saturated carbocycles. The van der Waals surface area contributed by atoms with E-state index in [1.165, 1.54) is 49.3 Å². The predicted molar refractivity (Wildman–Crippen MR) is 164 cm³/mol. The van der Waals surface area contributed by atoms with Gasteiger partial charge in [-0.1, -0.05) is 53.4 Å². The largest absolute Gasteiger partial charge is 0.507 e. The smallest absolute Gasteiger partial charge is 0.301 e. The molecule has 3 aromatic carbocycles. The Kier molecular flexibility index (Phi) is 8.31. The van der Waals surface area contributed by atoms with Gasteiger partial charge >= 0.3 is 5.91 Å². The molecule has 1 unspecified atom stereocenters. The highest BCUT2D eigenvalue weighted by atomic mass is 32.2. The molecule has 1 aromatic heterocycles. The van der Waals surface area contributed by atoms with E-state index in [0.29, 0.717) is 57.6 Å². The molecular formula is C31H27N3O8S2. The first-order valence-corrected chi connectivity index (χ1v) is 15.2. The number of hydrogen-bond donors (Lipinski definition) is 1. The van der Waals surface area contributed by atoms with Crippen molar-refractivity contribution in [2.75, 3.05) is 39.4 Å². The zero-order chi connectivity index (χ0) is 30.8. The molecule has 2 aliphatic rings. The third kappa shape index (κ3) is 5.40. The van der Waals surface area contributed by atoms with Crippen molar-refractivity contribution in [2.45, 2.75) is 16.1 Å². The van der Waals surface area contributed by atoms with Crippen LogP contribution in [0.3, 0.4) is 0 Å². The molecule has 2 aliphatic heterocycles. The van der Waals surface area contributed by atoms with Crippen molar-refractivity contribution in [3.05, 3.63) is 82.9 Å². The van der Waals surface area contributed by atoms with Crippen molar-refractivity contribution < 1.29 is 38.4 Å². The number of carbonyl (C=O) groups is 2. The number of nitrogens with zero attached hydrogens (tertiary/aromatic N) is 3. The van der Waals surface area contributed by atoms with Gasteiger partial charge in [-0.25, -0.2) is 0 Å². The molecule has 13 heteroatoms. The topological polar surface area (TPSA) is 130 Å². The number of hydrogen-bond acceptors (Lipinski definition) is 12. The first-order valence-electron chi connectivity index (χ1n) is 13.4. The van der Waals surface area contributed by atoms with E-state index in [4.69, 9.17) is 23.7 Å². The standard InChI is InChI=1S/C31H27N3O8S2/c1-38-22-14-19(15-23(39-2)28(22)40-3)25-24(26(35)18-9-10-20-21(13-18)42-12-11-41-20)27(36)29(37)34(25)30-32-33-31(44-30)43-16-17-7-5-4-6-8-17/h4-10,13-15,25,35H,11-12,16H2,1-3H3/b26-24+. The van der Waals surface area contributed by atoms with E-state index >= 15 is 0 Å². The van der Waals surface area contributed by atoms with Gasteiger partial charge in [0.05, 0.1) is 32.9 Å². The first-order chi connectivity index (χ1) is 21.4. The van der Waals surface area contributed by atoms with Crippen LogP contribution in [-0.4, -0.2) is 61.5 Å². The van der Waals surface area contributed by atoms with Crippen LogP contribution < -0.4 is 28.6 Å². The minimum absolute atomic E-state index is 0.144. The van der Waals surface area contributed by atoms with Crippen LogP contribution in [0.1, 0.15) is 22.7 Å². The lowest BCUT2D eigenvalue weighted by atomic mass is 9.94. The van der Waals surface area contributed by atoms with Gasteiger partial charge in [-0.15, -0.1) is 10.2 Å². The second kappa shape index (κ2) is 12.5. The summed E-state index contributed by atoms with van der Waals surface area (Å²) in [6, 6.07) is 16.9. The molecule has 0 radical (unpaired) electrons. The molecule has 1 fully saturated rings. The van der Waals surface area contributed by atoms with E-state index in [0.717, 1.165) is 5.56 Å². The van der Waals surface area contributed by atoms with Crippen molar-refractivity contribution in [2.24, 2.45) is 0 Å². The Balaban J connectivity index is 1.47. The van der Waals surface area contributed by atoms with Crippen molar-refractivity contribution >= 4 is 45.7 Å². The molecule has 1 atom stereocenters. The number of methoxy groups -OCH3 is 3. The molecular weight excluding hydrogens is 606 g/mol. The fourth-order valence-corrected chi connectivity index (χ4v) is 6.85. The van der Waals surface area contributed by atoms with Crippen LogP contribution in [0.25, 0.3) is 5.76 Å². The molecule has 1 saturated heterocycles. The fraction of sp³-hybridized carbons (Fsp3) is 0.226. The lowest BCUT2D eigenvalue weighted by Crippen LogP contribution is -2.29. The van der Waals surface area contributed by atoms with Crippen LogP contribution in [0.5, 0.6) is 28.7 Å². The minimum atomic E-state index is -1.10. The number of fused-ring (bicyclic) bond motifs is 1. The normalized spacial score (nSPS) is 17.1. The second-order valence-corrected chi connectivity index (χ2v) is 11.8. The zero-order valence-electron chi connectivity index (χ0n) is 23.9. The highest BCUT2D eigenvalue weighted by Gasteiger charge is 2.49. The maximum Gasteiger partial charge on any atom is 0.301 e.